The van der Waals surface area contributed by atoms with Crippen LogP contribution in [0.5, 0.6) is 5.75 Å². The molecule has 2 amide bonds. The van der Waals surface area contributed by atoms with E-state index in [0.29, 0.717) is 22.7 Å². The quantitative estimate of drug-likeness (QED) is 0.381. The second kappa shape index (κ2) is 10.1. The van der Waals surface area contributed by atoms with Gasteiger partial charge in [0.1, 0.15) is 10.8 Å². The molecule has 0 aliphatic carbocycles. The summed E-state index contributed by atoms with van der Waals surface area (Å²) in [6.45, 7) is 2.04. The van der Waals surface area contributed by atoms with Crippen LogP contribution in [0.1, 0.15) is 21.6 Å². The van der Waals surface area contributed by atoms with Crippen molar-refractivity contribution in [3.63, 3.8) is 0 Å². The first kappa shape index (κ1) is 22.2. The lowest BCUT2D eigenvalue weighted by Crippen LogP contribution is -2.15. The molecule has 1 heterocycles. The van der Waals surface area contributed by atoms with Crippen molar-refractivity contribution in [2.24, 2.45) is 0 Å². The zero-order chi connectivity index (χ0) is 23.2. The summed E-state index contributed by atoms with van der Waals surface area (Å²) in [6, 6.07) is 22.1. The molecule has 4 rings (SSSR count). The molecule has 0 saturated carbocycles. The van der Waals surface area contributed by atoms with Gasteiger partial charge in [-0.3, -0.25) is 9.59 Å². The number of thiazole rings is 1. The van der Waals surface area contributed by atoms with Crippen LogP contribution in [0.25, 0.3) is 10.6 Å². The SMILES string of the molecule is COc1ccccc1NC(=O)c1ccc(NC(=O)Cc2csc(-c3cccc(C)c3)n2)cc1. The highest BCUT2D eigenvalue weighted by molar-refractivity contribution is 7.13. The van der Waals surface area contributed by atoms with Gasteiger partial charge in [0.05, 0.1) is 24.9 Å². The fourth-order valence-corrected chi connectivity index (χ4v) is 4.13. The minimum absolute atomic E-state index is 0.165. The van der Waals surface area contributed by atoms with E-state index >= 15 is 0 Å². The molecule has 4 aromatic rings. The number of methoxy groups -OCH3 is 1. The van der Waals surface area contributed by atoms with Gasteiger partial charge in [-0.15, -0.1) is 11.3 Å². The van der Waals surface area contributed by atoms with Crippen molar-refractivity contribution < 1.29 is 14.3 Å². The van der Waals surface area contributed by atoms with E-state index in [-0.39, 0.29) is 18.2 Å². The Morgan fingerprint density at radius 2 is 1.76 bits per heavy atom. The number of benzene rings is 3. The molecule has 0 spiro atoms. The third kappa shape index (κ3) is 5.64. The smallest absolute Gasteiger partial charge is 0.255 e. The molecule has 0 radical (unpaired) electrons. The van der Waals surface area contributed by atoms with Crippen LogP contribution in [0, 0.1) is 6.92 Å². The topological polar surface area (TPSA) is 80.3 Å². The van der Waals surface area contributed by atoms with Gasteiger partial charge in [-0.05, 0) is 49.4 Å². The van der Waals surface area contributed by atoms with Crippen molar-refractivity contribution in [1.29, 1.82) is 0 Å². The van der Waals surface area contributed by atoms with E-state index in [1.165, 1.54) is 16.9 Å². The molecule has 3 aromatic carbocycles. The van der Waals surface area contributed by atoms with E-state index in [2.05, 4.69) is 21.7 Å². The number of nitrogens with one attached hydrogen (secondary N) is 2. The molecule has 0 unspecified atom stereocenters. The first-order valence-electron chi connectivity index (χ1n) is 10.4. The summed E-state index contributed by atoms with van der Waals surface area (Å²) in [5.74, 6) is 0.160. The van der Waals surface area contributed by atoms with Crippen molar-refractivity contribution in [3.8, 4) is 16.3 Å². The average molecular weight is 458 g/mol. The Labute approximate surface area is 196 Å². The third-order valence-electron chi connectivity index (χ3n) is 4.94. The maximum Gasteiger partial charge on any atom is 0.255 e. The van der Waals surface area contributed by atoms with Gasteiger partial charge in [0, 0.05) is 22.2 Å². The van der Waals surface area contributed by atoms with Crippen LogP contribution in [0.2, 0.25) is 0 Å². The standard InChI is InChI=1S/C26H23N3O3S/c1-17-6-5-7-19(14-17)26-28-21(16-33-26)15-24(30)27-20-12-10-18(11-13-20)25(31)29-22-8-3-4-9-23(22)32-2/h3-14,16H,15H2,1-2H3,(H,27,30)(H,29,31). The average Bonchev–Trinajstić information content (AvgIpc) is 3.28. The van der Waals surface area contributed by atoms with Crippen LogP contribution in [-0.4, -0.2) is 23.9 Å². The molecule has 33 heavy (non-hydrogen) atoms. The number of aryl methyl sites for hydroxylation is 1. The second-order valence-electron chi connectivity index (χ2n) is 7.47. The number of hydrogen-bond acceptors (Lipinski definition) is 5. The van der Waals surface area contributed by atoms with E-state index < -0.39 is 0 Å². The van der Waals surface area contributed by atoms with Crippen LogP contribution < -0.4 is 15.4 Å². The number of amides is 2. The van der Waals surface area contributed by atoms with Crippen LogP contribution >= 0.6 is 11.3 Å². The molecular weight excluding hydrogens is 434 g/mol. The normalized spacial score (nSPS) is 10.5. The van der Waals surface area contributed by atoms with Crippen molar-refractivity contribution in [1.82, 2.24) is 4.98 Å². The molecule has 0 aliphatic heterocycles. The highest BCUT2D eigenvalue weighted by atomic mass is 32.1. The predicted octanol–water partition coefficient (Wildman–Crippen LogP) is 5.56. The molecule has 2 N–H and O–H groups in total. The molecule has 0 bridgehead atoms. The zero-order valence-corrected chi connectivity index (χ0v) is 19.1. The van der Waals surface area contributed by atoms with Gasteiger partial charge in [0.2, 0.25) is 5.91 Å². The number of rotatable bonds is 7. The molecule has 0 aliphatic rings. The molecule has 0 saturated heterocycles. The molecular formula is C26H23N3O3S. The highest BCUT2D eigenvalue weighted by Gasteiger charge is 2.12. The van der Waals surface area contributed by atoms with Gasteiger partial charge in [0.25, 0.3) is 5.91 Å². The number of carbonyl (C=O) groups is 2. The Morgan fingerprint density at radius 3 is 2.52 bits per heavy atom. The Morgan fingerprint density at radius 1 is 0.970 bits per heavy atom. The zero-order valence-electron chi connectivity index (χ0n) is 18.3. The predicted molar refractivity (Wildman–Crippen MR) is 132 cm³/mol. The number of aromatic nitrogens is 1. The Kier molecular flexibility index (Phi) is 6.80. The summed E-state index contributed by atoms with van der Waals surface area (Å²) in [5.41, 5.74) is 4.62. The van der Waals surface area contributed by atoms with Crippen molar-refractivity contribution in [2.75, 3.05) is 17.7 Å². The van der Waals surface area contributed by atoms with E-state index in [1.54, 1.807) is 43.5 Å². The van der Waals surface area contributed by atoms with Crippen LogP contribution in [-0.2, 0) is 11.2 Å². The largest absolute Gasteiger partial charge is 0.495 e. The Hall–Kier alpha value is -3.97. The van der Waals surface area contributed by atoms with Crippen LogP contribution in [0.3, 0.4) is 0 Å². The summed E-state index contributed by atoms with van der Waals surface area (Å²) in [5, 5.41) is 8.49. The van der Waals surface area contributed by atoms with Gasteiger partial charge >= 0.3 is 0 Å². The Bertz CT molecular complexity index is 1280. The maximum absolute atomic E-state index is 12.5. The van der Waals surface area contributed by atoms with Gasteiger partial charge in [-0.25, -0.2) is 4.98 Å². The summed E-state index contributed by atoms with van der Waals surface area (Å²) >= 11 is 1.52. The third-order valence-corrected chi connectivity index (χ3v) is 5.88. The summed E-state index contributed by atoms with van der Waals surface area (Å²) in [4.78, 5) is 29.6. The minimum atomic E-state index is -0.261. The van der Waals surface area contributed by atoms with E-state index in [4.69, 9.17) is 4.74 Å². The van der Waals surface area contributed by atoms with Crippen LogP contribution in [0.4, 0.5) is 11.4 Å². The number of nitrogens with zero attached hydrogens (tertiary/aromatic N) is 1. The monoisotopic (exact) mass is 457 g/mol. The molecule has 7 heteroatoms. The Balaban J connectivity index is 1.35. The molecule has 1 aromatic heterocycles. The number of ether oxygens (including phenoxy) is 1. The number of para-hydroxylation sites is 2. The van der Waals surface area contributed by atoms with Crippen molar-refractivity contribution >= 4 is 34.5 Å². The molecule has 0 atom stereocenters. The minimum Gasteiger partial charge on any atom is -0.495 e. The van der Waals surface area contributed by atoms with Gasteiger partial charge in [-0.2, -0.15) is 0 Å². The summed E-state index contributed by atoms with van der Waals surface area (Å²) in [6.07, 6.45) is 0.179. The molecule has 6 nitrogen and oxygen atoms in total. The lowest BCUT2D eigenvalue weighted by atomic mass is 10.1. The fraction of sp³-hybridized carbons (Fsp3) is 0.115. The summed E-state index contributed by atoms with van der Waals surface area (Å²) in [7, 11) is 1.55. The second-order valence-corrected chi connectivity index (χ2v) is 8.33. The van der Waals surface area contributed by atoms with Crippen LogP contribution in [0.15, 0.2) is 78.2 Å². The highest BCUT2D eigenvalue weighted by Crippen LogP contribution is 2.25. The van der Waals surface area contributed by atoms with Gasteiger partial charge in [-0.1, -0.05) is 35.9 Å². The van der Waals surface area contributed by atoms with E-state index in [9.17, 15) is 9.59 Å². The van der Waals surface area contributed by atoms with Crippen molar-refractivity contribution in [2.45, 2.75) is 13.3 Å². The maximum atomic E-state index is 12.5. The summed E-state index contributed by atoms with van der Waals surface area (Å²) < 4.78 is 5.26. The molecule has 0 fully saturated rings. The number of hydrogen-bond donors (Lipinski definition) is 2. The molecule has 166 valence electrons. The lowest BCUT2D eigenvalue weighted by Gasteiger charge is -2.10. The number of carbonyl (C=O) groups excluding carboxylic acids is 2. The first-order valence-corrected chi connectivity index (χ1v) is 11.3. The number of anilines is 2. The lowest BCUT2D eigenvalue weighted by molar-refractivity contribution is -0.115. The first-order chi connectivity index (χ1) is 16.0. The van der Waals surface area contributed by atoms with E-state index in [1.807, 2.05) is 42.6 Å². The van der Waals surface area contributed by atoms with E-state index in [0.717, 1.165) is 16.3 Å². The van der Waals surface area contributed by atoms with Gasteiger partial charge < -0.3 is 15.4 Å². The fourth-order valence-electron chi connectivity index (χ4n) is 3.32. The van der Waals surface area contributed by atoms with Crippen molar-refractivity contribution in [3.05, 3.63) is 95.0 Å². The van der Waals surface area contributed by atoms with Gasteiger partial charge in [0.15, 0.2) is 0 Å².